The van der Waals surface area contributed by atoms with Crippen molar-refractivity contribution in [1.82, 2.24) is 5.32 Å². The summed E-state index contributed by atoms with van der Waals surface area (Å²) in [5, 5.41) is 3.02. The average molecular weight is 295 g/mol. The monoisotopic (exact) mass is 295 g/mol. The molecule has 1 atom stereocenters. The molecule has 1 N–H and O–H groups in total. The van der Waals surface area contributed by atoms with Crippen molar-refractivity contribution in [3.05, 3.63) is 65.0 Å². The van der Waals surface area contributed by atoms with Crippen LogP contribution in [0.2, 0.25) is 0 Å². The van der Waals surface area contributed by atoms with E-state index in [1.807, 2.05) is 0 Å². The molecule has 0 saturated carbocycles. The fourth-order valence-electron chi connectivity index (χ4n) is 2.19. The fourth-order valence-corrected chi connectivity index (χ4v) is 2.19. The predicted octanol–water partition coefficient (Wildman–Crippen LogP) is 3.62. The Kier molecular flexibility index (Phi) is 4.85. The molecule has 21 heavy (non-hydrogen) atoms. The van der Waals surface area contributed by atoms with Crippen LogP contribution in [0.1, 0.15) is 17.2 Å². The predicted molar refractivity (Wildman–Crippen MR) is 74.8 cm³/mol. The van der Waals surface area contributed by atoms with Crippen molar-refractivity contribution in [3.63, 3.8) is 0 Å². The zero-order valence-corrected chi connectivity index (χ0v) is 11.8. The molecule has 2 aromatic carbocycles. The number of nitrogens with one attached hydrogen (secondary N) is 1. The Hall–Kier alpha value is -2.01. The highest BCUT2D eigenvalue weighted by Gasteiger charge is 2.14. The number of halogens is 3. The van der Waals surface area contributed by atoms with Crippen LogP contribution in [0.15, 0.2) is 36.4 Å². The Morgan fingerprint density at radius 2 is 1.76 bits per heavy atom. The highest BCUT2D eigenvalue weighted by atomic mass is 19.2. The normalized spacial score (nSPS) is 12.2. The molecule has 2 aromatic rings. The first-order chi connectivity index (χ1) is 10.0. The highest BCUT2D eigenvalue weighted by Crippen LogP contribution is 2.23. The van der Waals surface area contributed by atoms with E-state index in [0.29, 0.717) is 12.0 Å². The molecule has 0 aliphatic heterocycles. The topological polar surface area (TPSA) is 21.3 Å². The average Bonchev–Trinajstić information content (AvgIpc) is 2.48. The zero-order chi connectivity index (χ0) is 15.4. The summed E-state index contributed by atoms with van der Waals surface area (Å²) in [7, 11) is 3.11. The van der Waals surface area contributed by atoms with Crippen LogP contribution in [0.5, 0.6) is 5.75 Å². The smallest absolute Gasteiger partial charge is 0.165 e. The summed E-state index contributed by atoms with van der Waals surface area (Å²) in [5.74, 6) is -2.06. The van der Waals surface area contributed by atoms with Crippen LogP contribution in [0.3, 0.4) is 0 Å². The van der Waals surface area contributed by atoms with Crippen LogP contribution in [0, 0.1) is 17.5 Å². The Morgan fingerprint density at radius 3 is 2.33 bits per heavy atom. The van der Waals surface area contributed by atoms with Gasteiger partial charge in [-0.2, -0.15) is 0 Å². The number of benzene rings is 2. The van der Waals surface area contributed by atoms with Gasteiger partial charge in [0.1, 0.15) is 0 Å². The number of methoxy groups -OCH3 is 1. The summed E-state index contributed by atoms with van der Waals surface area (Å²) in [5.41, 5.74) is 1.34. The summed E-state index contributed by atoms with van der Waals surface area (Å²) >= 11 is 0. The van der Waals surface area contributed by atoms with Crippen LogP contribution in [0.4, 0.5) is 13.2 Å². The second-order valence-corrected chi connectivity index (χ2v) is 4.69. The van der Waals surface area contributed by atoms with E-state index >= 15 is 0 Å². The van der Waals surface area contributed by atoms with Crippen molar-refractivity contribution in [2.75, 3.05) is 14.2 Å². The largest absolute Gasteiger partial charge is 0.494 e. The van der Waals surface area contributed by atoms with Crippen molar-refractivity contribution in [2.24, 2.45) is 0 Å². The summed E-state index contributed by atoms with van der Waals surface area (Å²) in [6, 6.07) is 8.17. The van der Waals surface area contributed by atoms with E-state index < -0.39 is 17.5 Å². The van der Waals surface area contributed by atoms with E-state index in [9.17, 15) is 13.2 Å². The Bertz CT molecular complexity index is 631. The molecule has 0 aliphatic carbocycles. The van der Waals surface area contributed by atoms with Crippen LogP contribution < -0.4 is 10.1 Å². The molecule has 2 rings (SSSR count). The lowest BCUT2D eigenvalue weighted by Gasteiger charge is -2.17. The molecule has 0 saturated heterocycles. The molecule has 0 aromatic heterocycles. The van der Waals surface area contributed by atoms with Gasteiger partial charge in [0.05, 0.1) is 7.11 Å². The SMILES string of the molecule is CNC(Cc1ccc(OC)c(F)c1)c1ccc(F)c(F)c1. The first-order valence-corrected chi connectivity index (χ1v) is 6.49. The third kappa shape index (κ3) is 3.55. The van der Waals surface area contributed by atoms with Gasteiger partial charge >= 0.3 is 0 Å². The number of ether oxygens (including phenoxy) is 1. The molecule has 112 valence electrons. The zero-order valence-electron chi connectivity index (χ0n) is 11.8. The summed E-state index contributed by atoms with van der Waals surface area (Å²) < 4.78 is 44.8. The Morgan fingerprint density at radius 1 is 1.00 bits per heavy atom. The number of likely N-dealkylation sites (N-methyl/N-ethyl adjacent to an activating group) is 1. The Balaban J connectivity index is 2.22. The van der Waals surface area contributed by atoms with E-state index in [4.69, 9.17) is 4.74 Å². The third-order valence-electron chi connectivity index (χ3n) is 3.35. The van der Waals surface area contributed by atoms with Gasteiger partial charge in [-0.15, -0.1) is 0 Å². The molecule has 5 heteroatoms. The maximum atomic E-state index is 13.7. The van der Waals surface area contributed by atoms with Gasteiger partial charge in [-0.3, -0.25) is 0 Å². The Labute approximate surface area is 121 Å². The van der Waals surface area contributed by atoms with Crippen molar-refractivity contribution < 1.29 is 17.9 Å². The van der Waals surface area contributed by atoms with Crippen LogP contribution in [0.25, 0.3) is 0 Å². The van der Waals surface area contributed by atoms with Crippen LogP contribution in [-0.4, -0.2) is 14.2 Å². The number of hydrogen-bond donors (Lipinski definition) is 1. The molecule has 1 unspecified atom stereocenters. The van der Waals surface area contributed by atoms with Gasteiger partial charge in [0.25, 0.3) is 0 Å². The standard InChI is InChI=1S/C16H16F3NO/c1-20-15(11-4-5-12(17)13(18)9-11)8-10-3-6-16(21-2)14(19)7-10/h3-7,9,15,20H,8H2,1-2H3. The van der Waals surface area contributed by atoms with Crippen LogP contribution >= 0.6 is 0 Å². The van der Waals surface area contributed by atoms with E-state index in [2.05, 4.69) is 5.32 Å². The summed E-state index contributed by atoms with van der Waals surface area (Å²) in [6.45, 7) is 0. The van der Waals surface area contributed by atoms with Crippen molar-refractivity contribution >= 4 is 0 Å². The lowest BCUT2D eigenvalue weighted by Crippen LogP contribution is -2.19. The third-order valence-corrected chi connectivity index (χ3v) is 3.35. The summed E-state index contributed by atoms with van der Waals surface area (Å²) in [4.78, 5) is 0. The molecule has 2 nitrogen and oxygen atoms in total. The van der Waals surface area contributed by atoms with Crippen molar-refractivity contribution in [3.8, 4) is 5.75 Å². The van der Waals surface area contributed by atoms with Gasteiger partial charge in [-0.25, -0.2) is 13.2 Å². The van der Waals surface area contributed by atoms with E-state index in [1.165, 1.54) is 19.2 Å². The summed E-state index contributed by atoms with van der Waals surface area (Å²) in [6.07, 6.45) is 0.447. The number of rotatable bonds is 5. The fraction of sp³-hybridized carbons (Fsp3) is 0.250. The second-order valence-electron chi connectivity index (χ2n) is 4.69. The maximum Gasteiger partial charge on any atom is 0.165 e. The minimum atomic E-state index is -0.895. The van der Waals surface area contributed by atoms with Gasteiger partial charge < -0.3 is 10.1 Å². The molecule has 0 aliphatic rings. The molecule has 0 heterocycles. The minimum Gasteiger partial charge on any atom is -0.494 e. The van der Waals surface area contributed by atoms with Crippen molar-refractivity contribution in [1.29, 1.82) is 0 Å². The lowest BCUT2D eigenvalue weighted by molar-refractivity contribution is 0.386. The second kappa shape index (κ2) is 6.63. The van der Waals surface area contributed by atoms with Crippen LogP contribution in [-0.2, 0) is 6.42 Å². The van der Waals surface area contributed by atoms with Gasteiger partial charge in [0.2, 0.25) is 0 Å². The molecule has 0 amide bonds. The lowest BCUT2D eigenvalue weighted by atomic mass is 9.98. The van der Waals surface area contributed by atoms with Gasteiger partial charge in [-0.1, -0.05) is 12.1 Å². The van der Waals surface area contributed by atoms with Gasteiger partial charge in [0, 0.05) is 6.04 Å². The molecular formula is C16H16F3NO. The van der Waals surface area contributed by atoms with Crippen molar-refractivity contribution in [2.45, 2.75) is 12.5 Å². The minimum absolute atomic E-state index is 0.174. The van der Waals surface area contributed by atoms with E-state index in [0.717, 1.165) is 17.7 Å². The number of hydrogen-bond acceptors (Lipinski definition) is 2. The molecule has 0 bridgehead atoms. The maximum absolute atomic E-state index is 13.7. The van der Waals surface area contributed by atoms with Gasteiger partial charge in [-0.05, 0) is 48.9 Å². The quantitative estimate of drug-likeness (QED) is 0.909. The molecule has 0 spiro atoms. The first-order valence-electron chi connectivity index (χ1n) is 6.49. The van der Waals surface area contributed by atoms with Gasteiger partial charge in [0.15, 0.2) is 23.2 Å². The van der Waals surface area contributed by atoms with E-state index in [1.54, 1.807) is 19.2 Å². The molecule has 0 fully saturated rings. The molecular weight excluding hydrogens is 279 g/mol. The van der Waals surface area contributed by atoms with E-state index in [-0.39, 0.29) is 11.8 Å². The first kappa shape index (κ1) is 15.4. The highest BCUT2D eigenvalue weighted by molar-refractivity contribution is 5.31. The molecule has 0 radical (unpaired) electrons.